The third-order valence-electron chi connectivity index (χ3n) is 5.97. The van der Waals surface area contributed by atoms with Crippen molar-refractivity contribution in [2.75, 3.05) is 13.1 Å². The molecule has 1 saturated carbocycles. The number of aromatic nitrogens is 2. The number of hydrogen-bond donors (Lipinski definition) is 1. The fourth-order valence-electron chi connectivity index (χ4n) is 4.57. The molecule has 1 aromatic carbocycles. The van der Waals surface area contributed by atoms with Crippen LogP contribution >= 0.6 is 12.4 Å². The molecule has 7 heteroatoms. The minimum atomic E-state index is -0.248. The normalized spacial score (nSPS) is 22.2. The number of hydrogen-bond acceptors (Lipinski definition) is 3. The van der Waals surface area contributed by atoms with Crippen molar-refractivity contribution in [2.45, 2.75) is 44.2 Å². The zero-order valence-corrected chi connectivity index (χ0v) is 17.0. The number of rotatable bonds is 5. The number of nitrogens with zero attached hydrogens (tertiary/aromatic N) is 3. The molecule has 2 heterocycles. The van der Waals surface area contributed by atoms with Gasteiger partial charge in [0.25, 0.3) is 0 Å². The Morgan fingerprint density at radius 3 is 2.79 bits per heavy atom. The zero-order chi connectivity index (χ0) is 18.8. The van der Waals surface area contributed by atoms with E-state index in [2.05, 4.69) is 10.4 Å². The third-order valence-corrected chi connectivity index (χ3v) is 5.97. The highest BCUT2D eigenvalue weighted by atomic mass is 35.5. The van der Waals surface area contributed by atoms with Crippen molar-refractivity contribution < 1.29 is 9.18 Å². The first-order valence-corrected chi connectivity index (χ1v) is 9.86. The topological polar surface area (TPSA) is 50.2 Å². The summed E-state index contributed by atoms with van der Waals surface area (Å²) < 4.78 is 15.4. The Hall–Kier alpha value is -1.92. The zero-order valence-electron chi connectivity index (χ0n) is 16.2. The first-order chi connectivity index (χ1) is 13.1. The number of carbonyl (C=O) groups excluding carboxylic acids is 1. The van der Waals surface area contributed by atoms with Crippen LogP contribution in [0.15, 0.2) is 36.7 Å². The second-order valence-electron chi connectivity index (χ2n) is 7.85. The van der Waals surface area contributed by atoms with Crippen LogP contribution < -0.4 is 5.32 Å². The van der Waals surface area contributed by atoms with Crippen molar-refractivity contribution in [1.29, 1.82) is 0 Å². The van der Waals surface area contributed by atoms with Gasteiger partial charge >= 0.3 is 0 Å². The highest BCUT2D eigenvalue weighted by molar-refractivity contribution is 5.85. The van der Waals surface area contributed by atoms with Crippen LogP contribution in [0.4, 0.5) is 4.39 Å². The molecule has 4 rings (SSSR count). The second-order valence-corrected chi connectivity index (χ2v) is 7.85. The molecular formula is C21H28ClFN4O. The lowest BCUT2D eigenvalue weighted by molar-refractivity contribution is -0.138. The highest BCUT2D eigenvalue weighted by Gasteiger charge is 2.39. The molecule has 0 spiro atoms. The number of nitrogens with one attached hydrogen (secondary N) is 1. The molecule has 2 aromatic rings. The largest absolute Gasteiger partial charge is 0.335 e. The van der Waals surface area contributed by atoms with Crippen LogP contribution in [0.1, 0.15) is 42.7 Å². The van der Waals surface area contributed by atoms with E-state index in [9.17, 15) is 9.18 Å². The van der Waals surface area contributed by atoms with Crippen LogP contribution in [-0.2, 0) is 18.4 Å². The Labute approximate surface area is 171 Å². The summed E-state index contributed by atoms with van der Waals surface area (Å²) in [6.07, 6.45) is 8.27. The van der Waals surface area contributed by atoms with Gasteiger partial charge in [0.1, 0.15) is 5.82 Å². The molecule has 2 aliphatic rings. The van der Waals surface area contributed by atoms with E-state index >= 15 is 0 Å². The van der Waals surface area contributed by atoms with Crippen LogP contribution in [0.3, 0.4) is 0 Å². The van der Waals surface area contributed by atoms with E-state index in [1.807, 2.05) is 30.4 Å². The van der Waals surface area contributed by atoms with E-state index in [1.165, 1.54) is 6.07 Å². The van der Waals surface area contributed by atoms with E-state index in [0.717, 1.165) is 43.4 Å². The average molecular weight is 407 g/mol. The lowest BCUT2D eigenvalue weighted by Gasteiger charge is -2.33. The number of carbonyl (C=O) groups is 1. The van der Waals surface area contributed by atoms with Gasteiger partial charge in [-0.25, -0.2) is 4.39 Å². The molecular weight excluding hydrogens is 379 g/mol. The quantitative estimate of drug-likeness (QED) is 0.829. The minimum absolute atomic E-state index is 0. The minimum Gasteiger partial charge on any atom is -0.335 e. The molecule has 0 unspecified atom stereocenters. The van der Waals surface area contributed by atoms with Gasteiger partial charge < -0.3 is 10.2 Å². The van der Waals surface area contributed by atoms with Crippen molar-refractivity contribution in [3.8, 4) is 0 Å². The monoisotopic (exact) mass is 406 g/mol. The predicted octanol–water partition coefficient (Wildman–Crippen LogP) is 3.26. The molecule has 2 fully saturated rings. The van der Waals surface area contributed by atoms with Crippen LogP contribution in [0, 0.1) is 11.7 Å². The Bertz CT molecular complexity index is 805. The highest BCUT2D eigenvalue weighted by Crippen LogP contribution is 2.33. The number of benzene rings is 1. The van der Waals surface area contributed by atoms with Gasteiger partial charge in [0, 0.05) is 44.8 Å². The first kappa shape index (κ1) is 20.8. The van der Waals surface area contributed by atoms with E-state index in [0.29, 0.717) is 13.1 Å². The van der Waals surface area contributed by atoms with Gasteiger partial charge in [-0.2, -0.15) is 5.10 Å². The van der Waals surface area contributed by atoms with Gasteiger partial charge in [0.15, 0.2) is 0 Å². The molecule has 5 nitrogen and oxygen atoms in total. The molecule has 1 aromatic heterocycles. The Balaban J connectivity index is 0.00000225. The van der Waals surface area contributed by atoms with E-state index in [-0.39, 0.29) is 42.0 Å². The smallest absolute Gasteiger partial charge is 0.228 e. The molecule has 2 atom stereocenters. The van der Waals surface area contributed by atoms with E-state index in [1.54, 1.807) is 16.8 Å². The van der Waals surface area contributed by atoms with Gasteiger partial charge in [0.2, 0.25) is 5.91 Å². The first-order valence-electron chi connectivity index (χ1n) is 9.86. The molecule has 1 amide bonds. The van der Waals surface area contributed by atoms with Crippen molar-refractivity contribution in [3.05, 3.63) is 53.6 Å². The molecule has 0 radical (unpaired) electrons. The van der Waals surface area contributed by atoms with Gasteiger partial charge in [0.05, 0.1) is 12.1 Å². The molecule has 152 valence electrons. The molecule has 28 heavy (non-hydrogen) atoms. The molecule has 1 aliphatic heterocycles. The van der Waals surface area contributed by atoms with Crippen LogP contribution in [0.25, 0.3) is 0 Å². The van der Waals surface area contributed by atoms with E-state index < -0.39 is 0 Å². The standard InChI is InChI=1S/C21H27FN4O.ClH/c1-25-14-16(10-24-25)19-11-23-12-20(19)21(27)26(18-7-2-3-8-18)13-15-5-4-6-17(22)9-15;/h4-6,9-10,14,18-20,23H,2-3,7-8,11-13H2,1H3;1H/t19-,20+;/m1./s1. The van der Waals surface area contributed by atoms with Crippen molar-refractivity contribution in [1.82, 2.24) is 20.0 Å². The second kappa shape index (κ2) is 9.05. The van der Waals surface area contributed by atoms with Gasteiger partial charge in [-0.3, -0.25) is 9.48 Å². The SMILES string of the molecule is Cl.Cn1cc([C@H]2CNC[C@@H]2C(=O)N(Cc2cccc(F)c2)C2CCCC2)cn1. The lowest BCUT2D eigenvalue weighted by Crippen LogP contribution is -2.43. The summed E-state index contributed by atoms with van der Waals surface area (Å²) in [5.74, 6) is -0.0157. The van der Waals surface area contributed by atoms with Crippen LogP contribution in [-0.4, -0.2) is 39.7 Å². The number of halogens is 2. The maximum Gasteiger partial charge on any atom is 0.228 e. The Morgan fingerprint density at radius 2 is 2.11 bits per heavy atom. The van der Waals surface area contributed by atoms with Crippen molar-refractivity contribution >= 4 is 18.3 Å². The fourth-order valence-corrected chi connectivity index (χ4v) is 4.57. The molecule has 0 bridgehead atoms. The maximum atomic E-state index is 13.7. The summed E-state index contributed by atoms with van der Waals surface area (Å²) in [5.41, 5.74) is 1.97. The summed E-state index contributed by atoms with van der Waals surface area (Å²) in [5, 5.41) is 7.66. The van der Waals surface area contributed by atoms with Crippen LogP contribution in [0.2, 0.25) is 0 Å². The summed E-state index contributed by atoms with van der Waals surface area (Å²) in [6, 6.07) is 6.88. The summed E-state index contributed by atoms with van der Waals surface area (Å²) in [6.45, 7) is 1.96. The summed E-state index contributed by atoms with van der Waals surface area (Å²) in [7, 11) is 1.90. The fraction of sp³-hybridized carbons (Fsp3) is 0.524. The Kier molecular flexibility index (Phi) is 6.73. The van der Waals surface area contributed by atoms with Gasteiger partial charge in [-0.15, -0.1) is 12.4 Å². The van der Waals surface area contributed by atoms with Crippen LogP contribution in [0.5, 0.6) is 0 Å². The van der Waals surface area contributed by atoms with Gasteiger partial charge in [-0.05, 0) is 36.1 Å². The summed E-state index contributed by atoms with van der Waals surface area (Å²) >= 11 is 0. The van der Waals surface area contributed by atoms with Crippen molar-refractivity contribution in [2.24, 2.45) is 13.0 Å². The summed E-state index contributed by atoms with van der Waals surface area (Å²) in [4.78, 5) is 15.6. The third kappa shape index (κ3) is 4.39. The number of aryl methyl sites for hydroxylation is 1. The van der Waals surface area contributed by atoms with Crippen molar-refractivity contribution in [3.63, 3.8) is 0 Å². The molecule has 1 aliphatic carbocycles. The molecule has 1 saturated heterocycles. The number of amides is 1. The van der Waals surface area contributed by atoms with Gasteiger partial charge in [-0.1, -0.05) is 25.0 Å². The van der Waals surface area contributed by atoms with E-state index in [4.69, 9.17) is 0 Å². The Morgan fingerprint density at radius 1 is 1.32 bits per heavy atom. The lowest BCUT2D eigenvalue weighted by atomic mass is 9.89. The predicted molar refractivity (Wildman–Crippen MR) is 109 cm³/mol. The maximum absolute atomic E-state index is 13.7. The molecule has 1 N–H and O–H groups in total. The average Bonchev–Trinajstić information content (AvgIpc) is 3.40.